The molecule has 5 aromatic carbocycles. The number of Topliss-reactive ketones (excluding diaryl/α,β-unsaturated/α-hetero) is 5. The highest BCUT2D eigenvalue weighted by atomic mass is 19.4. The van der Waals surface area contributed by atoms with E-state index < -0.39 is 70.3 Å². The van der Waals surface area contributed by atoms with E-state index in [0.717, 1.165) is 18.2 Å². The highest BCUT2D eigenvalue weighted by Crippen LogP contribution is 2.40. The van der Waals surface area contributed by atoms with Crippen LogP contribution in [0.2, 0.25) is 0 Å². The molecule has 21 heteroatoms. The number of aliphatic carboxylic acids is 1. The van der Waals surface area contributed by atoms with Gasteiger partial charge in [-0.3, -0.25) is 28.8 Å². The molecule has 0 heterocycles. The Hall–Kier alpha value is -7.71. The van der Waals surface area contributed by atoms with Crippen LogP contribution >= 0.6 is 0 Å². The first-order chi connectivity index (χ1) is 37.4. The predicted octanol–water partition coefficient (Wildman–Crippen LogP) is 15.8. The van der Waals surface area contributed by atoms with Crippen molar-refractivity contribution in [2.24, 2.45) is 0 Å². The zero-order valence-electron chi connectivity index (χ0n) is 42.3. The first kappa shape index (κ1) is 61.5. The molecule has 0 fully saturated rings. The monoisotopic (exact) mass is 1130 g/mol. The molecule has 0 spiro atoms. The third-order valence-electron chi connectivity index (χ3n) is 13.3. The summed E-state index contributed by atoms with van der Waals surface area (Å²) in [4.78, 5) is 73.9. The van der Waals surface area contributed by atoms with Gasteiger partial charge in [-0.05, 0) is 152 Å². The average Bonchev–Trinajstić information content (AvgIpc) is 3.37. The lowest BCUT2D eigenvalue weighted by molar-refractivity contribution is -0.144. The molecule has 5 aromatic rings. The summed E-state index contributed by atoms with van der Waals surface area (Å²) in [6.45, 7) is 0. The number of anilines is 1. The van der Waals surface area contributed by atoms with Crippen molar-refractivity contribution < 1.29 is 90.9 Å². The number of carbonyl (C=O) groups is 6. The third kappa shape index (κ3) is 16.9. The van der Waals surface area contributed by atoms with Gasteiger partial charge < -0.3 is 10.8 Å². The number of rotatable bonds is 18. The van der Waals surface area contributed by atoms with Crippen molar-refractivity contribution in [2.45, 2.75) is 121 Å². The summed E-state index contributed by atoms with van der Waals surface area (Å²) in [5, 5.41) is 8.64. The Bertz CT molecular complexity index is 3190. The molecule has 0 saturated heterocycles. The Labute approximate surface area is 449 Å². The van der Waals surface area contributed by atoms with Crippen molar-refractivity contribution in [2.75, 3.05) is 5.73 Å². The van der Waals surface area contributed by atoms with Crippen molar-refractivity contribution in [1.82, 2.24) is 0 Å². The number of carbonyl (C=O) groups excluding carboxylic acids is 5. The summed E-state index contributed by atoms with van der Waals surface area (Å²) in [6.07, 6.45) is -13.0. The number of nitrogens with two attached hydrogens (primary N) is 1. The molecule has 2 aliphatic rings. The molecule has 0 atom stereocenters. The molecule has 0 amide bonds. The second-order valence-corrected chi connectivity index (χ2v) is 19.3. The van der Waals surface area contributed by atoms with Crippen LogP contribution in [0.25, 0.3) is 12.2 Å². The zero-order valence-corrected chi connectivity index (χ0v) is 42.3. The molecule has 0 bridgehead atoms. The number of ketones is 5. The van der Waals surface area contributed by atoms with E-state index in [1.807, 2.05) is 0 Å². The van der Waals surface area contributed by atoms with Gasteiger partial charge in [-0.2, -0.15) is 52.7 Å². The number of carboxylic acids is 1. The van der Waals surface area contributed by atoms with E-state index in [-0.39, 0.29) is 120 Å². The van der Waals surface area contributed by atoms with Gasteiger partial charge in [0, 0.05) is 71.2 Å². The molecule has 0 radical (unpaired) electrons. The number of allylic oxidation sites excluding steroid dienone is 2. The van der Waals surface area contributed by atoms with Crippen LogP contribution in [-0.2, 0) is 53.6 Å². The Balaban J connectivity index is 0.000000263. The SMILES string of the molecule is Nc1cc(F)ccc1CC(=O)CCCCCC(=O)c1ccc2c(c1)CC/C(=C\c1cc(C(F)(F)F)cc(C(F)(F)F)c1)C2=O.O=C(O)CCCCCC(=O)c1ccc2c(c1)CC/C(=C\c1cc(C(F)(F)F)cc(C(F)(F)F)c1)C2=O. The standard InChI is InChI=1S/C33H28F7NO3.C26H22F6O4/c34-26-10-8-21(29(41)18-26)16-27(42)4-2-1-3-5-30(43)22-9-11-28-20(15-22)6-7-23(31(28)44)12-19-13-24(32(35,36)37)17-25(14-19)33(38,39)40;27-25(28,29)19-11-15(12-20(14-19)26(30,31)32)10-18-7-6-16-13-17(8-9-21(16)24(18)36)22(33)4-2-1-3-5-23(34)35/h8-15,17-18H,1-7,16,41H2;8-14H,1-7H2,(H,34,35)/b23-12+;18-10+. The van der Waals surface area contributed by atoms with E-state index in [4.69, 9.17) is 10.8 Å². The number of fused-ring (bicyclic) bond motifs is 2. The number of unbranched alkanes of at least 4 members (excludes halogenated alkanes) is 4. The number of hydrogen-bond acceptors (Lipinski definition) is 7. The van der Waals surface area contributed by atoms with Crippen LogP contribution in [0.4, 0.5) is 62.8 Å². The minimum Gasteiger partial charge on any atom is -0.481 e. The van der Waals surface area contributed by atoms with E-state index in [9.17, 15) is 85.8 Å². The summed E-state index contributed by atoms with van der Waals surface area (Å²) in [6, 6.07) is 15.2. The van der Waals surface area contributed by atoms with Gasteiger partial charge in [-0.1, -0.05) is 43.2 Å². The summed E-state index contributed by atoms with van der Waals surface area (Å²) in [5.74, 6) is -2.78. The molecule has 0 aliphatic heterocycles. The molecule has 80 heavy (non-hydrogen) atoms. The molecule has 3 N–H and O–H groups in total. The maximum Gasteiger partial charge on any atom is 0.416 e. The van der Waals surface area contributed by atoms with Crippen molar-refractivity contribution in [3.8, 4) is 0 Å². The second kappa shape index (κ2) is 25.6. The average molecular weight is 1130 g/mol. The van der Waals surface area contributed by atoms with Gasteiger partial charge in [-0.25, -0.2) is 4.39 Å². The van der Waals surface area contributed by atoms with Crippen molar-refractivity contribution in [1.29, 1.82) is 0 Å². The Morgan fingerprint density at radius 2 is 0.863 bits per heavy atom. The number of carboxylic acid groups (broad SMARTS) is 1. The molecular formula is C59H50F13NO7. The number of halogens is 13. The Morgan fingerprint density at radius 1 is 0.475 bits per heavy atom. The summed E-state index contributed by atoms with van der Waals surface area (Å²) in [5.41, 5.74) is 2.47. The predicted molar refractivity (Wildman–Crippen MR) is 269 cm³/mol. The lowest BCUT2D eigenvalue weighted by atomic mass is 9.84. The van der Waals surface area contributed by atoms with Crippen LogP contribution in [-0.4, -0.2) is 40.0 Å². The highest BCUT2D eigenvalue weighted by Gasteiger charge is 2.39. The van der Waals surface area contributed by atoms with Crippen LogP contribution in [0, 0.1) is 5.82 Å². The maximum atomic E-state index is 13.2. The Kier molecular flexibility index (Phi) is 19.7. The van der Waals surface area contributed by atoms with E-state index in [2.05, 4.69) is 0 Å². The van der Waals surface area contributed by atoms with Gasteiger partial charge in [0.15, 0.2) is 23.1 Å². The highest BCUT2D eigenvalue weighted by molar-refractivity contribution is 6.14. The quantitative estimate of drug-likeness (QED) is 0.0290. The van der Waals surface area contributed by atoms with Crippen molar-refractivity contribution >= 4 is 52.7 Å². The van der Waals surface area contributed by atoms with Gasteiger partial charge in [0.1, 0.15) is 11.6 Å². The molecule has 0 aromatic heterocycles. The van der Waals surface area contributed by atoms with Gasteiger partial charge in [0.05, 0.1) is 22.3 Å². The number of benzene rings is 5. The zero-order chi connectivity index (χ0) is 58.9. The smallest absolute Gasteiger partial charge is 0.416 e. The molecule has 424 valence electrons. The molecule has 2 aliphatic carbocycles. The topological polar surface area (TPSA) is 149 Å². The minimum atomic E-state index is -5.00. The Morgan fingerprint density at radius 3 is 1.24 bits per heavy atom. The molecule has 0 unspecified atom stereocenters. The van der Waals surface area contributed by atoms with E-state index in [1.165, 1.54) is 36.4 Å². The summed E-state index contributed by atoms with van der Waals surface area (Å²) in [7, 11) is 0. The summed E-state index contributed by atoms with van der Waals surface area (Å²) >= 11 is 0. The number of nitrogen functional groups attached to an aromatic ring is 1. The van der Waals surface area contributed by atoms with E-state index >= 15 is 0 Å². The van der Waals surface area contributed by atoms with E-state index in [0.29, 0.717) is 97.0 Å². The van der Waals surface area contributed by atoms with Crippen LogP contribution in [0.3, 0.4) is 0 Å². The molecule has 0 saturated carbocycles. The fourth-order valence-corrected chi connectivity index (χ4v) is 9.14. The van der Waals surface area contributed by atoms with Crippen molar-refractivity contribution in [3.63, 3.8) is 0 Å². The van der Waals surface area contributed by atoms with Gasteiger partial charge in [-0.15, -0.1) is 0 Å². The van der Waals surface area contributed by atoms with Crippen LogP contribution in [0.5, 0.6) is 0 Å². The van der Waals surface area contributed by atoms with Crippen molar-refractivity contribution in [3.05, 3.63) is 180 Å². The second-order valence-electron chi connectivity index (χ2n) is 19.3. The van der Waals surface area contributed by atoms with Gasteiger partial charge in [0.2, 0.25) is 0 Å². The molecule has 8 nitrogen and oxygen atoms in total. The number of aryl methyl sites for hydroxylation is 2. The normalized spacial score (nSPS) is 14.8. The third-order valence-corrected chi connectivity index (χ3v) is 13.3. The summed E-state index contributed by atoms with van der Waals surface area (Å²) < 4.78 is 171. The first-order valence-corrected chi connectivity index (χ1v) is 25.1. The lowest BCUT2D eigenvalue weighted by Gasteiger charge is -2.19. The molecular weight excluding hydrogens is 1080 g/mol. The number of hydrogen-bond donors (Lipinski definition) is 2. The van der Waals surface area contributed by atoms with Crippen LogP contribution in [0.15, 0.2) is 102 Å². The van der Waals surface area contributed by atoms with E-state index in [1.54, 1.807) is 12.1 Å². The van der Waals surface area contributed by atoms with Gasteiger partial charge in [0.25, 0.3) is 0 Å². The first-order valence-electron chi connectivity index (χ1n) is 25.1. The number of alkyl halides is 12. The van der Waals surface area contributed by atoms with Gasteiger partial charge >= 0.3 is 30.7 Å². The van der Waals surface area contributed by atoms with Crippen LogP contribution in [0.1, 0.15) is 169 Å². The maximum absolute atomic E-state index is 13.2. The minimum absolute atomic E-state index is 0.0308. The fraction of sp³-hybridized carbons (Fsp3) is 0.322. The fourth-order valence-electron chi connectivity index (χ4n) is 9.14. The lowest BCUT2D eigenvalue weighted by Crippen LogP contribution is -2.15. The molecule has 7 rings (SSSR count). The van der Waals surface area contributed by atoms with Crippen LogP contribution < -0.4 is 5.73 Å². The largest absolute Gasteiger partial charge is 0.481 e.